The Kier molecular flexibility index (Phi) is 2.99. The molecule has 0 aliphatic carbocycles. The zero-order valence-corrected chi connectivity index (χ0v) is 9.88. The average molecular weight is 216 g/mol. The van der Waals surface area contributed by atoms with Crippen molar-refractivity contribution in [3.63, 3.8) is 0 Å². The average Bonchev–Trinajstić information content (AvgIpc) is 2.66. The lowest BCUT2D eigenvalue weighted by atomic mass is 10.2. The van der Waals surface area contributed by atoms with Crippen LogP contribution in [0.5, 0.6) is 0 Å². The highest BCUT2D eigenvalue weighted by Crippen LogP contribution is 2.19. The first-order valence-electron chi connectivity index (χ1n) is 5.48. The summed E-state index contributed by atoms with van der Waals surface area (Å²) in [5.74, 6) is 1.48. The van der Waals surface area contributed by atoms with Gasteiger partial charge in [0.05, 0.1) is 0 Å². The summed E-state index contributed by atoms with van der Waals surface area (Å²) in [5, 5.41) is 8.15. The standard InChI is InChI=1S/C12H16N4/c1-9(2)7-16-8-14-15-12(16)11-5-4-6-13-10(11)3/h4-6,8-9H,7H2,1-3H3. The molecule has 0 atom stereocenters. The molecule has 0 aromatic carbocycles. The van der Waals surface area contributed by atoms with Crippen molar-refractivity contribution in [1.82, 2.24) is 19.7 Å². The molecular formula is C12H16N4. The second-order valence-electron chi connectivity index (χ2n) is 4.34. The third-order valence-electron chi connectivity index (χ3n) is 2.43. The zero-order chi connectivity index (χ0) is 11.5. The summed E-state index contributed by atoms with van der Waals surface area (Å²) in [4.78, 5) is 4.27. The number of rotatable bonds is 3. The molecule has 0 aliphatic heterocycles. The molecule has 2 rings (SSSR count). The second kappa shape index (κ2) is 4.43. The minimum atomic E-state index is 0.576. The molecule has 0 fully saturated rings. The van der Waals surface area contributed by atoms with Crippen molar-refractivity contribution in [2.75, 3.05) is 0 Å². The van der Waals surface area contributed by atoms with Gasteiger partial charge in [-0.1, -0.05) is 13.8 Å². The van der Waals surface area contributed by atoms with Crippen LogP contribution in [-0.2, 0) is 6.54 Å². The van der Waals surface area contributed by atoms with Crippen LogP contribution in [0, 0.1) is 12.8 Å². The van der Waals surface area contributed by atoms with Gasteiger partial charge in [0.2, 0.25) is 0 Å². The Labute approximate surface area is 95.4 Å². The number of aromatic nitrogens is 4. The third-order valence-corrected chi connectivity index (χ3v) is 2.43. The summed E-state index contributed by atoms with van der Waals surface area (Å²) in [6.07, 6.45) is 3.57. The van der Waals surface area contributed by atoms with Gasteiger partial charge >= 0.3 is 0 Å². The molecule has 16 heavy (non-hydrogen) atoms. The van der Waals surface area contributed by atoms with Crippen molar-refractivity contribution in [3.05, 3.63) is 30.4 Å². The van der Waals surface area contributed by atoms with Gasteiger partial charge < -0.3 is 4.57 Å². The number of hydrogen-bond acceptors (Lipinski definition) is 3. The number of pyridine rings is 1. The SMILES string of the molecule is Cc1ncccc1-c1nncn1CC(C)C. The van der Waals surface area contributed by atoms with Gasteiger partial charge in [-0.15, -0.1) is 10.2 Å². The molecular weight excluding hydrogens is 200 g/mol. The van der Waals surface area contributed by atoms with Crippen LogP contribution in [-0.4, -0.2) is 19.7 Å². The van der Waals surface area contributed by atoms with E-state index >= 15 is 0 Å². The van der Waals surface area contributed by atoms with Gasteiger partial charge in [0.25, 0.3) is 0 Å². The molecule has 0 unspecified atom stereocenters. The van der Waals surface area contributed by atoms with Crippen LogP contribution in [0.25, 0.3) is 11.4 Å². The van der Waals surface area contributed by atoms with Gasteiger partial charge in [-0.3, -0.25) is 4.98 Å². The highest BCUT2D eigenvalue weighted by atomic mass is 15.3. The van der Waals surface area contributed by atoms with E-state index in [-0.39, 0.29) is 0 Å². The lowest BCUT2D eigenvalue weighted by molar-refractivity contribution is 0.525. The van der Waals surface area contributed by atoms with Crippen molar-refractivity contribution in [3.8, 4) is 11.4 Å². The van der Waals surface area contributed by atoms with Crippen LogP contribution in [0.15, 0.2) is 24.7 Å². The van der Waals surface area contributed by atoms with Crippen LogP contribution in [0.3, 0.4) is 0 Å². The molecule has 2 heterocycles. The van der Waals surface area contributed by atoms with Crippen LogP contribution in [0.4, 0.5) is 0 Å². The van der Waals surface area contributed by atoms with E-state index in [0.29, 0.717) is 5.92 Å². The molecule has 2 aromatic heterocycles. The molecule has 0 saturated carbocycles. The Morgan fingerprint density at radius 1 is 1.38 bits per heavy atom. The minimum Gasteiger partial charge on any atom is -0.313 e. The lowest BCUT2D eigenvalue weighted by Crippen LogP contribution is -2.05. The predicted molar refractivity (Wildman–Crippen MR) is 62.8 cm³/mol. The highest BCUT2D eigenvalue weighted by molar-refractivity contribution is 5.57. The molecule has 0 saturated heterocycles. The molecule has 4 nitrogen and oxygen atoms in total. The van der Waals surface area contributed by atoms with Crippen molar-refractivity contribution >= 4 is 0 Å². The molecule has 0 N–H and O–H groups in total. The normalized spacial score (nSPS) is 11.0. The first-order valence-corrected chi connectivity index (χ1v) is 5.48. The first-order chi connectivity index (χ1) is 7.68. The lowest BCUT2D eigenvalue weighted by Gasteiger charge is -2.09. The maximum absolute atomic E-state index is 4.27. The largest absolute Gasteiger partial charge is 0.313 e. The van der Waals surface area contributed by atoms with Gasteiger partial charge in [0.15, 0.2) is 5.82 Å². The predicted octanol–water partition coefficient (Wildman–Crippen LogP) is 2.30. The number of nitrogens with zero attached hydrogens (tertiary/aromatic N) is 4. The van der Waals surface area contributed by atoms with E-state index in [4.69, 9.17) is 0 Å². The van der Waals surface area contributed by atoms with Crippen LogP contribution in [0.2, 0.25) is 0 Å². The van der Waals surface area contributed by atoms with Crippen LogP contribution < -0.4 is 0 Å². The molecule has 4 heteroatoms. The number of aryl methyl sites for hydroxylation is 1. The molecule has 0 amide bonds. The van der Waals surface area contributed by atoms with Gasteiger partial charge in [0.1, 0.15) is 6.33 Å². The van der Waals surface area contributed by atoms with Crippen molar-refractivity contribution in [1.29, 1.82) is 0 Å². The van der Waals surface area contributed by atoms with Crippen LogP contribution in [0.1, 0.15) is 19.5 Å². The molecule has 0 bridgehead atoms. The highest BCUT2D eigenvalue weighted by Gasteiger charge is 2.10. The summed E-state index contributed by atoms with van der Waals surface area (Å²) >= 11 is 0. The summed E-state index contributed by atoms with van der Waals surface area (Å²) in [6.45, 7) is 7.28. The first kappa shape index (κ1) is 10.8. The minimum absolute atomic E-state index is 0.576. The van der Waals surface area contributed by atoms with Gasteiger partial charge in [-0.25, -0.2) is 0 Å². The van der Waals surface area contributed by atoms with E-state index in [0.717, 1.165) is 23.6 Å². The summed E-state index contributed by atoms with van der Waals surface area (Å²) in [6, 6.07) is 3.96. The van der Waals surface area contributed by atoms with E-state index in [2.05, 4.69) is 33.6 Å². The van der Waals surface area contributed by atoms with Crippen molar-refractivity contribution in [2.24, 2.45) is 5.92 Å². The summed E-state index contributed by atoms with van der Waals surface area (Å²) in [7, 11) is 0. The zero-order valence-electron chi connectivity index (χ0n) is 9.88. The Morgan fingerprint density at radius 3 is 2.88 bits per heavy atom. The topological polar surface area (TPSA) is 43.6 Å². The maximum atomic E-state index is 4.27. The van der Waals surface area contributed by atoms with Gasteiger partial charge in [-0.05, 0) is 25.0 Å². The Hall–Kier alpha value is -1.71. The fourth-order valence-electron chi connectivity index (χ4n) is 1.71. The maximum Gasteiger partial charge on any atom is 0.165 e. The Bertz CT molecular complexity index is 473. The summed E-state index contributed by atoms with van der Waals surface area (Å²) in [5.41, 5.74) is 2.04. The molecule has 0 spiro atoms. The summed E-state index contributed by atoms with van der Waals surface area (Å²) < 4.78 is 2.08. The van der Waals surface area contributed by atoms with E-state index in [1.807, 2.05) is 19.1 Å². The van der Waals surface area contributed by atoms with Gasteiger partial charge in [-0.2, -0.15) is 0 Å². The second-order valence-corrected chi connectivity index (χ2v) is 4.34. The molecule has 84 valence electrons. The Balaban J connectivity index is 2.41. The quantitative estimate of drug-likeness (QED) is 0.790. The van der Waals surface area contributed by atoms with E-state index < -0.39 is 0 Å². The fourth-order valence-corrected chi connectivity index (χ4v) is 1.71. The van der Waals surface area contributed by atoms with Crippen LogP contribution >= 0.6 is 0 Å². The fraction of sp³-hybridized carbons (Fsp3) is 0.417. The third kappa shape index (κ3) is 2.10. The van der Waals surface area contributed by atoms with Gasteiger partial charge in [0, 0.05) is 24.0 Å². The Morgan fingerprint density at radius 2 is 2.19 bits per heavy atom. The number of hydrogen-bond donors (Lipinski definition) is 0. The molecule has 0 aliphatic rings. The monoisotopic (exact) mass is 216 g/mol. The van der Waals surface area contributed by atoms with E-state index in [9.17, 15) is 0 Å². The van der Waals surface area contributed by atoms with Crippen molar-refractivity contribution in [2.45, 2.75) is 27.3 Å². The smallest absolute Gasteiger partial charge is 0.165 e. The van der Waals surface area contributed by atoms with E-state index in [1.165, 1.54) is 0 Å². The molecule has 2 aromatic rings. The van der Waals surface area contributed by atoms with E-state index in [1.54, 1.807) is 12.5 Å². The molecule has 0 radical (unpaired) electrons. The van der Waals surface area contributed by atoms with Crippen molar-refractivity contribution < 1.29 is 0 Å².